The maximum atomic E-state index is 13.0. The number of hydrogen-bond acceptors (Lipinski definition) is 4. The van der Waals surface area contributed by atoms with E-state index in [1.165, 1.54) is 0 Å². The Kier molecular flexibility index (Phi) is 5.72. The highest BCUT2D eigenvalue weighted by Crippen LogP contribution is 2.25. The van der Waals surface area contributed by atoms with E-state index in [1.54, 1.807) is 4.68 Å². The predicted octanol–water partition coefficient (Wildman–Crippen LogP) is 3.60. The van der Waals surface area contributed by atoms with Crippen molar-refractivity contribution in [2.24, 2.45) is 14.1 Å². The lowest BCUT2D eigenvalue weighted by Gasteiger charge is -2.28. The van der Waals surface area contributed by atoms with Crippen LogP contribution in [0.2, 0.25) is 0 Å². The van der Waals surface area contributed by atoms with Gasteiger partial charge in [0.15, 0.2) is 0 Å². The van der Waals surface area contributed by atoms with E-state index >= 15 is 0 Å². The van der Waals surface area contributed by atoms with Crippen molar-refractivity contribution in [3.8, 4) is 11.1 Å². The zero-order valence-corrected chi connectivity index (χ0v) is 19.0. The number of fused-ring (bicyclic) bond motifs is 1. The van der Waals surface area contributed by atoms with E-state index < -0.39 is 6.10 Å². The molecule has 7 nitrogen and oxygen atoms in total. The molecule has 170 valence electrons. The molecule has 0 aliphatic heterocycles. The van der Waals surface area contributed by atoms with Crippen molar-refractivity contribution in [2.45, 2.75) is 44.2 Å². The Bertz CT molecular complexity index is 1290. The van der Waals surface area contributed by atoms with E-state index in [2.05, 4.69) is 39.7 Å². The van der Waals surface area contributed by atoms with Gasteiger partial charge in [0.25, 0.3) is 5.91 Å². The lowest BCUT2D eigenvalue weighted by molar-refractivity contribution is 0.0714. The number of carbonyl (C=O) groups excluding carboxylic acids is 1. The Labute approximate surface area is 193 Å². The topological polar surface area (TPSA) is 85.0 Å². The van der Waals surface area contributed by atoms with E-state index in [4.69, 9.17) is 0 Å². The summed E-state index contributed by atoms with van der Waals surface area (Å²) in [4.78, 5) is 17.7. The average Bonchev–Trinajstić information content (AvgIpc) is 3.42. The highest BCUT2D eigenvalue weighted by atomic mass is 16.3. The molecular weight excluding hydrogens is 414 g/mol. The molecule has 1 aliphatic carbocycles. The molecule has 0 radical (unpaired) electrons. The summed E-state index contributed by atoms with van der Waals surface area (Å²) in [6.45, 7) is 0. The number of hydrogen-bond donors (Lipinski definition) is 2. The van der Waals surface area contributed by atoms with Crippen molar-refractivity contribution in [1.82, 2.24) is 24.6 Å². The van der Waals surface area contributed by atoms with Gasteiger partial charge in [-0.15, -0.1) is 0 Å². The monoisotopic (exact) mass is 443 g/mol. The standard InChI is InChI=1S/C26H29N5O2/c1-30-12-11-21-19(13-17-7-9-18(10-8-17)20-15-27-31(2)16-20)14-23(28-25(21)30)26(33)29-22-5-3-4-6-24(22)32/h7-12,14-16,22,24,32H,3-6,13H2,1-2H3,(H,29,33)/t22-,24-/m0/s1. The first-order valence-electron chi connectivity index (χ1n) is 11.5. The molecule has 5 rings (SSSR count). The van der Waals surface area contributed by atoms with Gasteiger partial charge in [-0.2, -0.15) is 5.10 Å². The summed E-state index contributed by atoms with van der Waals surface area (Å²) in [5, 5.41) is 18.6. The number of pyridine rings is 1. The van der Waals surface area contributed by atoms with Crippen LogP contribution >= 0.6 is 0 Å². The van der Waals surface area contributed by atoms with Crippen LogP contribution in [0.25, 0.3) is 22.2 Å². The van der Waals surface area contributed by atoms with Crippen molar-refractivity contribution in [2.75, 3.05) is 0 Å². The quantitative estimate of drug-likeness (QED) is 0.494. The van der Waals surface area contributed by atoms with Crippen LogP contribution in [0.15, 0.2) is 55.0 Å². The third kappa shape index (κ3) is 4.41. The summed E-state index contributed by atoms with van der Waals surface area (Å²) in [7, 11) is 3.85. The second-order valence-electron chi connectivity index (χ2n) is 9.04. The van der Waals surface area contributed by atoms with Gasteiger partial charge >= 0.3 is 0 Å². The number of aromatic nitrogens is 4. The van der Waals surface area contributed by atoms with Crippen molar-refractivity contribution in [1.29, 1.82) is 0 Å². The van der Waals surface area contributed by atoms with Gasteiger partial charge in [-0.3, -0.25) is 9.48 Å². The number of rotatable bonds is 5. The summed E-state index contributed by atoms with van der Waals surface area (Å²) in [5.74, 6) is -0.225. The Hall–Kier alpha value is -3.45. The molecule has 1 saturated carbocycles. The van der Waals surface area contributed by atoms with E-state index in [1.807, 2.05) is 49.4 Å². The lowest BCUT2D eigenvalue weighted by Crippen LogP contribution is -2.45. The van der Waals surface area contributed by atoms with Crippen molar-refractivity contribution in [3.63, 3.8) is 0 Å². The summed E-state index contributed by atoms with van der Waals surface area (Å²) in [6.07, 6.45) is 9.60. The number of benzene rings is 1. The molecule has 2 N–H and O–H groups in total. The Morgan fingerprint density at radius 3 is 2.64 bits per heavy atom. The van der Waals surface area contributed by atoms with E-state index in [9.17, 15) is 9.90 Å². The first-order chi connectivity index (χ1) is 16.0. The summed E-state index contributed by atoms with van der Waals surface area (Å²) in [6, 6.07) is 12.2. The van der Waals surface area contributed by atoms with Gasteiger partial charge in [0.1, 0.15) is 11.3 Å². The number of aryl methyl sites for hydroxylation is 2. The summed E-state index contributed by atoms with van der Waals surface area (Å²) < 4.78 is 3.74. The maximum absolute atomic E-state index is 13.0. The van der Waals surface area contributed by atoms with Crippen LogP contribution < -0.4 is 5.32 Å². The highest BCUT2D eigenvalue weighted by molar-refractivity contribution is 5.95. The minimum Gasteiger partial charge on any atom is -0.391 e. The van der Waals surface area contributed by atoms with Gasteiger partial charge in [-0.1, -0.05) is 37.1 Å². The normalized spacial score (nSPS) is 18.5. The molecule has 0 saturated heterocycles. The predicted molar refractivity (Wildman–Crippen MR) is 128 cm³/mol. The number of nitrogens with zero attached hydrogens (tertiary/aromatic N) is 4. The largest absolute Gasteiger partial charge is 0.391 e. The molecule has 33 heavy (non-hydrogen) atoms. The molecule has 1 aromatic carbocycles. The number of carbonyl (C=O) groups is 1. The van der Waals surface area contributed by atoms with Gasteiger partial charge in [0.05, 0.1) is 18.3 Å². The maximum Gasteiger partial charge on any atom is 0.270 e. The molecule has 0 spiro atoms. The van der Waals surface area contributed by atoms with Crippen molar-refractivity contribution in [3.05, 3.63) is 71.8 Å². The molecule has 0 bridgehead atoms. The third-order valence-electron chi connectivity index (χ3n) is 6.59. The Morgan fingerprint density at radius 1 is 1.12 bits per heavy atom. The van der Waals surface area contributed by atoms with E-state index in [0.717, 1.165) is 59.0 Å². The van der Waals surface area contributed by atoms with Crippen LogP contribution in [0.3, 0.4) is 0 Å². The molecule has 1 aliphatic rings. The highest BCUT2D eigenvalue weighted by Gasteiger charge is 2.26. The van der Waals surface area contributed by atoms with Crippen LogP contribution in [0.1, 0.15) is 47.3 Å². The molecule has 0 unspecified atom stereocenters. The van der Waals surface area contributed by atoms with Crippen molar-refractivity contribution < 1.29 is 9.90 Å². The first kappa shape index (κ1) is 21.4. The summed E-state index contributed by atoms with van der Waals surface area (Å²) in [5.41, 5.74) is 5.61. The van der Waals surface area contributed by atoms with Gasteiger partial charge in [0, 0.05) is 37.4 Å². The van der Waals surface area contributed by atoms with Crippen LogP contribution in [0.5, 0.6) is 0 Å². The average molecular weight is 444 g/mol. The molecule has 3 aromatic heterocycles. The first-order valence-corrected chi connectivity index (χ1v) is 11.5. The molecular formula is C26H29N5O2. The van der Waals surface area contributed by atoms with Gasteiger partial charge in [0.2, 0.25) is 0 Å². The van der Waals surface area contributed by atoms with Crippen LogP contribution in [-0.2, 0) is 20.5 Å². The SMILES string of the molecule is Cn1cc(-c2ccc(Cc3cc(C(=O)N[C@H]4CCCC[C@@H]4O)nc4c3ccn4C)cc2)cn1. The molecule has 2 atom stereocenters. The smallest absolute Gasteiger partial charge is 0.270 e. The second kappa shape index (κ2) is 8.83. The zero-order valence-electron chi connectivity index (χ0n) is 19.0. The number of aliphatic hydroxyl groups is 1. The van der Waals surface area contributed by atoms with Gasteiger partial charge in [-0.25, -0.2) is 4.98 Å². The fourth-order valence-corrected chi connectivity index (χ4v) is 4.69. The van der Waals surface area contributed by atoms with Gasteiger partial charge < -0.3 is 15.0 Å². The summed E-state index contributed by atoms with van der Waals surface area (Å²) >= 11 is 0. The Balaban J connectivity index is 1.42. The molecule has 1 fully saturated rings. The lowest BCUT2D eigenvalue weighted by atomic mass is 9.92. The number of amides is 1. The molecule has 3 heterocycles. The number of nitrogens with one attached hydrogen (secondary N) is 1. The second-order valence-corrected chi connectivity index (χ2v) is 9.04. The molecule has 1 amide bonds. The molecule has 4 aromatic rings. The van der Waals surface area contributed by atoms with Crippen LogP contribution in [-0.4, -0.2) is 42.5 Å². The van der Waals surface area contributed by atoms with Crippen molar-refractivity contribution >= 4 is 16.9 Å². The van der Waals surface area contributed by atoms with E-state index in [0.29, 0.717) is 12.1 Å². The van der Waals surface area contributed by atoms with Crippen LogP contribution in [0, 0.1) is 0 Å². The zero-order chi connectivity index (χ0) is 22.9. The van der Waals surface area contributed by atoms with Crippen LogP contribution in [0.4, 0.5) is 0 Å². The number of aliphatic hydroxyl groups excluding tert-OH is 1. The van der Waals surface area contributed by atoms with Gasteiger partial charge in [-0.05, 0) is 48.1 Å². The minimum atomic E-state index is -0.487. The molecule has 7 heteroatoms. The minimum absolute atomic E-state index is 0.208. The fraction of sp³-hybridized carbons (Fsp3) is 0.346. The fourth-order valence-electron chi connectivity index (χ4n) is 4.69. The van der Waals surface area contributed by atoms with E-state index in [-0.39, 0.29) is 11.9 Å². The third-order valence-corrected chi connectivity index (χ3v) is 6.59. The Morgan fingerprint density at radius 2 is 1.91 bits per heavy atom.